The van der Waals surface area contributed by atoms with E-state index in [1.54, 1.807) is 17.1 Å². The second-order valence-electron chi connectivity index (χ2n) is 5.00. The van der Waals surface area contributed by atoms with Gasteiger partial charge in [0.25, 0.3) is 0 Å². The molecule has 118 valence electrons. The molecule has 1 amide bonds. The van der Waals surface area contributed by atoms with Crippen molar-refractivity contribution in [3.8, 4) is 11.5 Å². The second-order valence-corrected chi connectivity index (χ2v) is 5.00. The van der Waals surface area contributed by atoms with E-state index in [4.69, 9.17) is 9.47 Å². The van der Waals surface area contributed by atoms with Gasteiger partial charge in [0.2, 0.25) is 5.91 Å². The summed E-state index contributed by atoms with van der Waals surface area (Å²) < 4.78 is 11.5. The molecule has 1 heterocycles. The number of nitrogens with zero attached hydrogens (tertiary/aromatic N) is 1. The van der Waals surface area contributed by atoms with Gasteiger partial charge in [-0.25, -0.2) is 0 Å². The standard InChI is InChI=1S/C17H22N2O3/c1-3-9-19(10-4-2)17(20)12-18-11-14-13-21-15-7-5-6-8-16(15)22-14/h3-8,14,18H,1-2,9-13H2. The third kappa shape index (κ3) is 4.36. The molecule has 22 heavy (non-hydrogen) atoms. The van der Waals surface area contributed by atoms with Crippen LogP contribution in [0.2, 0.25) is 0 Å². The zero-order valence-electron chi connectivity index (χ0n) is 12.7. The molecule has 0 aromatic heterocycles. The molecule has 0 spiro atoms. The fourth-order valence-corrected chi connectivity index (χ4v) is 2.21. The van der Waals surface area contributed by atoms with Crippen molar-refractivity contribution in [2.45, 2.75) is 6.10 Å². The predicted molar refractivity (Wildman–Crippen MR) is 86.2 cm³/mol. The molecule has 2 rings (SSSR count). The van der Waals surface area contributed by atoms with E-state index in [2.05, 4.69) is 18.5 Å². The molecule has 1 aliphatic heterocycles. The third-order valence-electron chi connectivity index (χ3n) is 3.27. The lowest BCUT2D eigenvalue weighted by Gasteiger charge is -2.27. The number of para-hydroxylation sites is 2. The first kappa shape index (κ1) is 16.1. The minimum Gasteiger partial charge on any atom is -0.486 e. The molecule has 0 bridgehead atoms. The maximum Gasteiger partial charge on any atom is 0.237 e. The summed E-state index contributed by atoms with van der Waals surface area (Å²) in [5, 5.41) is 3.12. The number of carbonyl (C=O) groups excluding carboxylic acids is 1. The Hall–Kier alpha value is -2.27. The van der Waals surface area contributed by atoms with Crippen molar-refractivity contribution < 1.29 is 14.3 Å². The first-order valence-electron chi connectivity index (χ1n) is 7.33. The summed E-state index contributed by atoms with van der Waals surface area (Å²) in [4.78, 5) is 13.7. The SMILES string of the molecule is C=CCN(CC=C)C(=O)CNCC1COc2ccccc2O1. The monoisotopic (exact) mass is 302 g/mol. The van der Waals surface area contributed by atoms with Gasteiger partial charge in [0, 0.05) is 19.6 Å². The summed E-state index contributed by atoms with van der Waals surface area (Å²) in [7, 11) is 0. The van der Waals surface area contributed by atoms with E-state index in [0.717, 1.165) is 11.5 Å². The van der Waals surface area contributed by atoms with Gasteiger partial charge in [0.05, 0.1) is 6.54 Å². The number of hydrogen-bond donors (Lipinski definition) is 1. The van der Waals surface area contributed by atoms with Crippen LogP contribution in [0.25, 0.3) is 0 Å². The van der Waals surface area contributed by atoms with Gasteiger partial charge in [-0.1, -0.05) is 24.3 Å². The maximum absolute atomic E-state index is 12.1. The Kier molecular flexibility index (Phi) is 6.03. The Morgan fingerprint density at radius 2 is 1.95 bits per heavy atom. The number of ether oxygens (including phenoxy) is 2. The van der Waals surface area contributed by atoms with Crippen LogP contribution in [0.5, 0.6) is 11.5 Å². The number of carbonyl (C=O) groups is 1. The van der Waals surface area contributed by atoms with Gasteiger partial charge in [0.15, 0.2) is 11.5 Å². The van der Waals surface area contributed by atoms with Crippen LogP contribution >= 0.6 is 0 Å². The van der Waals surface area contributed by atoms with Crippen molar-refractivity contribution in [2.24, 2.45) is 0 Å². The third-order valence-corrected chi connectivity index (χ3v) is 3.27. The summed E-state index contributed by atoms with van der Waals surface area (Å²) in [5.41, 5.74) is 0. The van der Waals surface area contributed by atoms with Gasteiger partial charge in [-0.05, 0) is 12.1 Å². The zero-order valence-corrected chi connectivity index (χ0v) is 12.7. The number of hydrogen-bond acceptors (Lipinski definition) is 4. The summed E-state index contributed by atoms with van der Waals surface area (Å²) in [6.07, 6.45) is 3.31. The number of amides is 1. The van der Waals surface area contributed by atoms with Crippen LogP contribution in [-0.4, -0.2) is 49.7 Å². The molecular formula is C17H22N2O3. The molecule has 5 nitrogen and oxygen atoms in total. The Morgan fingerprint density at radius 3 is 2.64 bits per heavy atom. The number of rotatable bonds is 8. The fourth-order valence-electron chi connectivity index (χ4n) is 2.21. The molecule has 1 N–H and O–H groups in total. The second kappa shape index (κ2) is 8.24. The van der Waals surface area contributed by atoms with Gasteiger partial charge in [0.1, 0.15) is 12.7 Å². The average molecular weight is 302 g/mol. The summed E-state index contributed by atoms with van der Waals surface area (Å²) in [6.45, 7) is 9.62. The molecule has 0 saturated carbocycles. The number of nitrogens with one attached hydrogen (secondary N) is 1. The van der Waals surface area contributed by atoms with E-state index < -0.39 is 0 Å². The van der Waals surface area contributed by atoms with E-state index in [1.165, 1.54) is 0 Å². The van der Waals surface area contributed by atoms with E-state index >= 15 is 0 Å². The molecule has 0 fully saturated rings. The Labute approximate surface area is 131 Å². The molecule has 1 aromatic carbocycles. The van der Waals surface area contributed by atoms with Crippen molar-refractivity contribution in [3.05, 3.63) is 49.6 Å². The maximum atomic E-state index is 12.1. The zero-order chi connectivity index (χ0) is 15.8. The van der Waals surface area contributed by atoms with Crippen LogP contribution in [0.4, 0.5) is 0 Å². The van der Waals surface area contributed by atoms with Gasteiger partial charge in [-0.15, -0.1) is 13.2 Å². The number of benzene rings is 1. The Morgan fingerprint density at radius 1 is 1.27 bits per heavy atom. The first-order chi connectivity index (χ1) is 10.7. The smallest absolute Gasteiger partial charge is 0.237 e. The highest BCUT2D eigenvalue weighted by molar-refractivity contribution is 5.78. The largest absolute Gasteiger partial charge is 0.486 e. The molecule has 0 radical (unpaired) electrons. The Balaban J connectivity index is 1.76. The van der Waals surface area contributed by atoms with Crippen molar-refractivity contribution in [1.82, 2.24) is 10.2 Å². The minimum absolute atomic E-state index is 0.0110. The average Bonchev–Trinajstić information content (AvgIpc) is 2.54. The summed E-state index contributed by atoms with van der Waals surface area (Å²) in [5.74, 6) is 1.52. The highest BCUT2D eigenvalue weighted by Gasteiger charge is 2.20. The van der Waals surface area contributed by atoms with Crippen molar-refractivity contribution >= 4 is 5.91 Å². The fraction of sp³-hybridized carbons (Fsp3) is 0.353. The van der Waals surface area contributed by atoms with Crippen LogP contribution in [0, 0.1) is 0 Å². The van der Waals surface area contributed by atoms with E-state index in [0.29, 0.717) is 26.2 Å². The van der Waals surface area contributed by atoms with Gasteiger partial charge < -0.3 is 19.7 Å². The molecule has 1 atom stereocenters. The van der Waals surface area contributed by atoms with Crippen molar-refractivity contribution in [1.29, 1.82) is 0 Å². The van der Waals surface area contributed by atoms with Gasteiger partial charge in [-0.3, -0.25) is 4.79 Å². The van der Waals surface area contributed by atoms with E-state index in [-0.39, 0.29) is 18.6 Å². The first-order valence-corrected chi connectivity index (χ1v) is 7.33. The highest BCUT2D eigenvalue weighted by Crippen LogP contribution is 2.30. The predicted octanol–water partition coefficient (Wildman–Crippen LogP) is 1.62. The summed E-state index contributed by atoms with van der Waals surface area (Å²) >= 11 is 0. The summed E-state index contributed by atoms with van der Waals surface area (Å²) in [6, 6.07) is 7.57. The van der Waals surface area contributed by atoms with Crippen LogP contribution in [-0.2, 0) is 4.79 Å². The Bertz CT molecular complexity index is 520. The highest BCUT2D eigenvalue weighted by atomic mass is 16.6. The van der Waals surface area contributed by atoms with Gasteiger partial charge >= 0.3 is 0 Å². The quantitative estimate of drug-likeness (QED) is 0.741. The lowest BCUT2D eigenvalue weighted by Crippen LogP contribution is -2.43. The van der Waals surface area contributed by atoms with Crippen LogP contribution in [0.1, 0.15) is 0 Å². The molecular weight excluding hydrogens is 280 g/mol. The molecule has 0 aliphatic carbocycles. The lowest BCUT2D eigenvalue weighted by atomic mass is 10.2. The minimum atomic E-state index is -0.102. The van der Waals surface area contributed by atoms with Crippen LogP contribution in [0.3, 0.4) is 0 Å². The molecule has 1 aliphatic rings. The molecule has 1 aromatic rings. The topological polar surface area (TPSA) is 50.8 Å². The van der Waals surface area contributed by atoms with Crippen LogP contribution < -0.4 is 14.8 Å². The number of fused-ring (bicyclic) bond motifs is 1. The van der Waals surface area contributed by atoms with Gasteiger partial charge in [-0.2, -0.15) is 0 Å². The lowest BCUT2D eigenvalue weighted by molar-refractivity contribution is -0.129. The van der Waals surface area contributed by atoms with Crippen LogP contribution in [0.15, 0.2) is 49.6 Å². The van der Waals surface area contributed by atoms with Crippen molar-refractivity contribution in [3.63, 3.8) is 0 Å². The van der Waals surface area contributed by atoms with Crippen molar-refractivity contribution in [2.75, 3.05) is 32.8 Å². The normalized spacial score (nSPS) is 15.9. The molecule has 0 saturated heterocycles. The van der Waals surface area contributed by atoms with E-state index in [1.807, 2.05) is 24.3 Å². The van der Waals surface area contributed by atoms with E-state index in [9.17, 15) is 4.79 Å². The molecule has 1 unspecified atom stereocenters. The molecule has 5 heteroatoms.